The lowest BCUT2D eigenvalue weighted by atomic mass is 10.1. The molecule has 1 aromatic heterocycles. The molecule has 0 atom stereocenters. The minimum Gasteiger partial charge on any atom is -0.384 e. The van der Waals surface area contributed by atoms with Crippen molar-refractivity contribution in [2.45, 2.75) is 13.1 Å². The molecule has 2 aromatic rings. The molecule has 5 heteroatoms. The summed E-state index contributed by atoms with van der Waals surface area (Å²) in [5.74, 6) is 0.113. The summed E-state index contributed by atoms with van der Waals surface area (Å²) < 4.78 is 0. The van der Waals surface area contributed by atoms with E-state index in [9.17, 15) is 0 Å². The van der Waals surface area contributed by atoms with Gasteiger partial charge in [0.25, 0.3) is 0 Å². The van der Waals surface area contributed by atoms with Crippen LogP contribution in [-0.4, -0.2) is 22.8 Å². The smallest absolute Gasteiger partial charge is 0.122 e. The summed E-state index contributed by atoms with van der Waals surface area (Å²) >= 11 is 1.66. The van der Waals surface area contributed by atoms with E-state index in [2.05, 4.69) is 23.0 Å². The summed E-state index contributed by atoms with van der Waals surface area (Å²) in [7, 11) is 2.07. The van der Waals surface area contributed by atoms with Gasteiger partial charge < -0.3 is 5.73 Å². The zero-order valence-electron chi connectivity index (χ0n) is 10.3. The first-order chi connectivity index (χ1) is 8.65. The molecule has 0 saturated heterocycles. The van der Waals surface area contributed by atoms with Crippen LogP contribution >= 0.6 is 11.3 Å². The molecule has 0 radical (unpaired) electrons. The Morgan fingerprint density at radius 1 is 1.44 bits per heavy atom. The molecule has 0 aliphatic carbocycles. The number of nitrogens with zero attached hydrogens (tertiary/aromatic N) is 2. The van der Waals surface area contributed by atoms with Crippen molar-refractivity contribution >= 4 is 17.2 Å². The topological polar surface area (TPSA) is 66.0 Å². The van der Waals surface area contributed by atoms with Crippen LogP contribution in [0.5, 0.6) is 0 Å². The van der Waals surface area contributed by atoms with Crippen LogP contribution in [0.25, 0.3) is 0 Å². The molecule has 2 rings (SSSR count). The minimum atomic E-state index is 0.113. The van der Waals surface area contributed by atoms with Crippen LogP contribution in [0, 0.1) is 5.41 Å². The number of amidine groups is 1. The zero-order chi connectivity index (χ0) is 13.0. The first kappa shape index (κ1) is 12.7. The number of nitrogens with two attached hydrogens (primary N) is 1. The molecule has 3 N–H and O–H groups in total. The Bertz CT molecular complexity index is 522. The maximum absolute atomic E-state index is 7.43. The van der Waals surface area contributed by atoms with Crippen LogP contribution in [-0.2, 0) is 13.1 Å². The van der Waals surface area contributed by atoms with Gasteiger partial charge in [0.05, 0.1) is 5.51 Å². The Morgan fingerprint density at radius 3 is 2.94 bits per heavy atom. The molecule has 0 fully saturated rings. The van der Waals surface area contributed by atoms with E-state index in [1.165, 1.54) is 4.88 Å². The van der Waals surface area contributed by atoms with Crippen molar-refractivity contribution in [2.24, 2.45) is 5.73 Å². The van der Waals surface area contributed by atoms with Crippen LogP contribution in [0.2, 0.25) is 0 Å². The Morgan fingerprint density at radius 2 is 2.28 bits per heavy atom. The predicted molar refractivity (Wildman–Crippen MR) is 74.7 cm³/mol. The average Bonchev–Trinajstić information content (AvgIpc) is 2.82. The molecule has 94 valence electrons. The number of benzene rings is 1. The number of aromatic nitrogens is 1. The van der Waals surface area contributed by atoms with Crippen molar-refractivity contribution in [3.63, 3.8) is 0 Å². The van der Waals surface area contributed by atoms with Gasteiger partial charge in [-0.05, 0) is 18.7 Å². The summed E-state index contributed by atoms with van der Waals surface area (Å²) in [6.07, 6.45) is 1.90. The van der Waals surface area contributed by atoms with Gasteiger partial charge in [0.2, 0.25) is 0 Å². The first-order valence-corrected chi connectivity index (χ1v) is 6.52. The van der Waals surface area contributed by atoms with Crippen LogP contribution in [0.15, 0.2) is 36.0 Å². The fourth-order valence-electron chi connectivity index (χ4n) is 1.79. The van der Waals surface area contributed by atoms with E-state index < -0.39 is 0 Å². The molecule has 1 aromatic carbocycles. The number of hydrogen-bond acceptors (Lipinski definition) is 4. The standard InChI is InChI=1S/C13H16N4S/c1-17(8-12-6-16-9-18-12)7-10-3-2-4-11(5-10)13(14)15/h2-6,9H,7-8H2,1H3,(H3,14,15). The highest BCUT2D eigenvalue weighted by molar-refractivity contribution is 7.09. The average molecular weight is 260 g/mol. The third-order valence-electron chi connectivity index (χ3n) is 2.60. The highest BCUT2D eigenvalue weighted by Crippen LogP contribution is 2.12. The van der Waals surface area contributed by atoms with Gasteiger partial charge in [0, 0.05) is 29.7 Å². The van der Waals surface area contributed by atoms with Gasteiger partial charge in [0.1, 0.15) is 5.84 Å². The Balaban J connectivity index is 2.00. The Kier molecular flexibility index (Phi) is 4.07. The second kappa shape index (κ2) is 5.75. The fraction of sp³-hybridized carbons (Fsp3) is 0.231. The van der Waals surface area contributed by atoms with Crippen molar-refractivity contribution in [1.29, 1.82) is 5.41 Å². The van der Waals surface area contributed by atoms with Crippen molar-refractivity contribution in [3.05, 3.63) is 52.0 Å². The van der Waals surface area contributed by atoms with Crippen LogP contribution in [0.3, 0.4) is 0 Å². The maximum Gasteiger partial charge on any atom is 0.122 e. The molecule has 0 spiro atoms. The molecular formula is C13H16N4S. The van der Waals surface area contributed by atoms with Crippen molar-refractivity contribution in [2.75, 3.05) is 7.05 Å². The largest absolute Gasteiger partial charge is 0.384 e. The predicted octanol–water partition coefficient (Wildman–Crippen LogP) is 2.06. The van der Waals surface area contributed by atoms with E-state index in [0.29, 0.717) is 0 Å². The zero-order valence-corrected chi connectivity index (χ0v) is 11.1. The molecule has 0 amide bonds. The summed E-state index contributed by atoms with van der Waals surface area (Å²) in [5.41, 5.74) is 9.27. The normalized spacial score (nSPS) is 10.8. The second-order valence-electron chi connectivity index (χ2n) is 4.25. The monoisotopic (exact) mass is 260 g/mol. The second-order valence-corrected chi connectivity index (χ2v) is 5.22. The van der Waals surface area contributed by atoms with Crippen molar-refractivity contribution < 1.29 is 0 Å². The Hall–Kier alpha value is -1.72. The molecule has 0 bridgehead atoms. The highest BCUT2D eigenvalue weighted by atomic mass is 32.1. The minimum absolute atomic E-state index is 0.113. The lowest BCUT2D eigenvalue weighted by Gasteiger charge is -2.15. The molecule has 1 heterocycles. The van der Waals surface area contributed by atoms with E-state index >= 15 is 0 Å². The van der Waals surface area contributed by atoms with E-state index in [-0.39, 0.29) is 5.84 Å². The van der Waals surface area contributed by atoms with E-state index in [4.69, 9.17) is 11.1 Å². The SMILES string of the molecule is CN(Cc1cccc(C(=N)N)c1)Cc1cncs1. The molecule has 0 aliphatic heterocycles. The summed E-state index contributed by atoms with van der Waals surface area (Å²) in [5, 5.41) is 7.43. The number of rotatable bonds is 5. The van der Waals surface area contributed by atoms with Crippen molar-refractivity contribution in [3.8, 4) is 0 Å². The molecular weight excluding hydrogens is 244 g/mol. The fourth-order valence-corrected chi connectivity index (χ4v) is 2.46. The van der Waals surface area contributed by atoms with Crippen molar-refractivity contribution in [1.82, 2.24) is 9.88 Å². The quantitative estimate of drug-likeness (QED) is 0.639. The summed E-state index contributed by atoms with van der Waals surface area (Å²) in [6.45, 7) is 1.72. The van der Waals surface area contributed by atoms with Gasteiger partial charge in [0.15, 0.2) is 0 Å². The lowest BCUT2D eigenvalue weighted by Crippen LogP contribution is -2.17. The number of hydrogen-bond donors (Lipinski definition) is 2. The van der Waals surface area contributed by atoms with Gasteiger partial charge in [-0.1, -0.05) is 18.2 Å². The van der Waals surface area contributed by atoms with Crippen LogP contribution in [0.4, 0.5) is 0 Å². The number of nitrogen functional groups attached to an aromatic ring is 1. The van der Waals surface area contributed by atoms with Gasteiger partial charge in [-0.15, -0.1) is 11.3 Å². The third kappa shape index (κ3) is 3.38. The van der Waals surface area contributed by atoms with E-state index in [1.807, 2.05) is 29.9 Å². The maximum atomic E-state index is 7.43. The van der Waals surface area contributed by atoms with Gasteiger partial charge in [-0.25, -0.2) is 0 Å². The van der Waals surface area contributed by atoms with Crippen LogP contribution in [0.1, 0.15) is 16.0 Å². The molecule has 0 unspecified atom stereocenters. The molecule has 0 aliphatic rings. The Labute approximate surface area is 111 Å². The molecule has 4 nitrogen and oxygen atoms in total. The summed E-state index contributed by atoms with van der Waals surface area (Å²) in [6, 6.07) is 7.81. The highest BCUT2D eigenvalue weighted by Gasteiger charge is 2.04. The summed E-state index contributed by atoms with van der Waals surface area (Å²) in [4.78, 5) is 7.53. The number of thiazole rings is 1. The van der Waals surface area contributed by atoms with E-state index in [1.54, 1.807) is 11.3 Å². The van der Waals surface area contributed by atoms with Crippen LogP contribution < -0.4 is 5.73 Å². The van der Waals surface area contributed by atoms with Gasteiger partial charge in [-0.2, -0.15) is 0 Å². The molecule has 0 saturated carbocycles. The van der Waals surface area contributed by atoms with Gasteiger partial charge in [-0.3, -0.25) is 15.3 Å². The first-order valence-electron chi connectivity index (χ1n) is 5.64. The molecule has 18 heavy (non-hydrogen) atoms. The number of nitrogens with one attached hydrogen (secondary N) is 1. The third-order valence-corrected chi connectivity index (χ3v) is 3.36. The lowest BCUT2D eigenvalue weighted by molar-refractivity contribution is 0.322. The van der Waals surface area contributed by atoms with Gasteiger partial charge >= 0.3 is 0 Å². The van der Waals surface area contributed by atoms with E-state index in [0.717, 1.165) is 24.2 Å².